The predicted octanol–water partition coefficient (Wildman–Crippen LogP) is 6.58. The van der Waals surface area contributed by atoms with Gasteiger partial charge in [-0.25, -0.2) is 4.39 Å². The van der Waals surface area contributed by atoms with E-state index >= 15 is 0 Å². The van der Waals surface area contributed by atoms with E-state index in [1.54, 1.807) is 30.3 Å². The number of nitrogens with zero attached hydrogens (tertiary/aromatic N) is 1. The van der Waals surface area contributed by atoms with Gasteiger partial charge in [0, 0.05) is 5.69 Å². The zero-order valence-electron chi connectivity index (χ0n) is 18.1. The summed E-state index contributed by atoms with van der Waals surface area (Å²) in [5.41, 5.74) is -0.154. The molecule has 0 spiro atoms. The molecule has 0 unspecified atom stereocenters. The van der Waals surface area contributed by atoms with E-state index in [0.29, 0.717) is 20.6 Å². The van der Waals surface area contributed by atoms with Gasteiger partial charge in [0.15, 0.2) is 11.5 Å². The summed E-state index contributed by atoms with van der Waals surface area (Å²) in [4.78, 5) is 12.5. The number of anilines is 1. The summed E-state index contributed by atoms with van der Waals surface area (Å²) in [6, 6.07) is 14.9. The predicted molar refractivity (Wildman–Crippen MR) is 130 cm³/mol. The molecule has 0 saturated carbocycles. The fourth-order valence-corrected chi connectivity index (χ4v) is 3.77. The third kappa shape index (κ3) is 6.95. The number of nitriles is 1. The molecule has 0 aliphatic heterocycles. The van der Waals surface area contributed by atoms with Crippen LogP contribution in [-0.2, 0) is 17.6 Å². The van der Waals surface area contributed by atoms with Crippen LogP contribution in [0.2, 0.25) is 0 Å². The quantitative estimate of drug-likeness (QED) is 0.145. The average molecular weight is 596 g/mol. The highest BCUT2D eigenvalue weighted by Gasteiger charge is 2.30. The molecule has 0 aliphatic carbocycles. The number of carbonyl (C=O) groups is 1. The van der Waals surface area contributed by atoms with Crippen LogP contribution in [0, 0.1) is 20.7 Å². The first-order valence-electron chi connectivity index (χ1n) is 9.96. The summed E-state index contributed by atoms with van der Waals surface area (Å²) in [5, 5.41) is 11.8. The number of rotatable bonds is 7. The monoisotopic (exact) mass is 596 g/mol. The van der Waals surface area contributed by atoms with E-state index in [1.165, 1.54) is 31.4 Å². The maximum absolute atomic E-state index is 13.1. The second kappa shape index (κ2) is 11.2. The lowest BCUT2D eigenvalue weighted by Gasteiger charge is -2.14. The van der Waals surface area contributed by atoms with Gasteiger partial charge < -0.3 is 14.8 Å². The van der Waals surface area contributed by atoms with Crippen molar-refractivity contribution in [1.82, 2.24) is 0 Å². The third-order valence-corrected chi connectivity index (χ3v) is 5.47. The molecule has 0 aromatic heterocycles. The molecule has 1 amide bonds. The summed E-state index contributed by atoms with van der Waals surface area (Å²) >= 11 is 2.00. The maximum atomic E-state index is 13.1. The van der Waals surface area contributed by atoms with Crippen molar-refractivity contribution in [2.75, 3.05) is 12.4 Å². The average Bonchev–Trinajstić information content (AvgIpc) is 2.82. The van der Waals surface area contributed by atoms with Gasteiger partial charge in [0.25, 0.3) is 5.91 Å². The molecule has 35 heavy (non-hydrogen) atoms. The number of hydrogen-bond donors (Lipinski definition) is 1. The van der Waals surface area contributed by atoms with E-state index in [0.717, 1.165) is 23.8 Å². The first-order valence-corrected chi connectivity index (χ1v) is 11.0. The molecule has 0 saturated heterocycles. The molecule has 3 aromatic carbocycles. The Kier molecular flexibility index (Phi) is 8.34. The second-order valence-electron chi connectivity index (χ2n) is 7.15. The molecule has 5 nitrogen and oxygen atoms in total. The van der Waals surface area contributed by atoms with Gasteiger partial charge in [-0.2, -0.15) is 18.4 Å². The van der Waals surface area contributed by atoms with Crippen molar-refractivity contribution < 1.29 is 31.8 Å². The van der Waals surface area contributed by atoms with Crippen LogP contribution >= 0.6 is 22.6 Å². The topological polar surface area (TPSA) is 71.3 Å². The molecule has 0 fully saturated rings. The van der Waals surface area contributed by atoms with Crippen LogP contribution in [0.5, 0.6) is 11.5 Å². The van der Waals surface area contributed by atoms with E-state index in [1.807, 2.05) is 22.6 Å². The van der Waals surface area contributed by atoms with Crippen molar-refractivity contribution in [3.8, 4) is 17.6 Å². The number of benzene rings is 3. The van der Waals surface area contributed by atoms with Crippen molar-refractivity contribution in [3.05, 3.63) is 92.3 Å². The number of methoxy groups -OCH3 is 1. The molecule has 0 aliphatic rings. The van der Waals surface area contributed by atoms with E-state index in [-0.39, 0.29) is 23.7 Å². The molecule has 10 heteroatoms. The Labute approximate surface area is 212 Å². The van der Waals surface area contributed by atoms with Crippen LogP contribution in [0.25, 0.3) is 6.08 Å². The highest BCUT2D eigenvalue weighted by atomic mass is 127. The second-order valence-corrected chi connectivity index (χ2v) is 8.31. The van der Waals surface area contributed by atoms with Gasteiger partial charge in [0.2, 0.25) is 0 Å². The van der Waals surface area contributed by atoms with E-state index in [9.17, 15) is 27.6 Å². The molecular weight excluding hydrogens is 579 g/mol. The van der Waals surface area contributed by atoms with Crippen molar-refractivity contribution in [3.63, 3.8) is 0 Å². The van der Waals surface area contributed by atoms with Crippen LogP contribution in [0.15, 0.2) is 66.2 Å². The molecular formula is C25H17F4IN2O3. The van der Waals surface area contributed by atoms with E-state index < -0.39 is 17.6 Å². The summed E-state index contributed by atoms with van der Waals surface area (Å²) in [6.45, 7) is 0.157. The van der Waals surface area contributed by atoms with Gasteiger partial charge in [-0.3, -0.25) is 4.79 Å². The Morgan fingerprint density at radius 1 is 1.14 bits per heavy atom. The zero-order valence-corrected chi connectivity index (χ0v) is 20.3. The molecule has 3 aromatic rings. The van der Waals surface area contributed by atoms with Crippen molar-refractivity contribution in [2.24, 2.45) is 0 Å². The van der Waals surface area contributed by atoms with Crippen LogP contribution in [0.4, 0.5) is 23.2 Å². The minimum Gasteiger partial charge on any atom is -0.493 e. The number of carbonyl (C=O) groups excluding carboxylic acids is 1. The van der Waals surface area contributed by atoms with Gasteiger partial charge in [-0.1, -0.05) is 18.2 Å². The van der Waals surface area contributed by atoms with Crippen molar-refractivity contribution >= 4 is 40.3 Å². The smallest absolute Gasteiger partial charge is 0.416 e. The minimum absolute atomic E-state index is 0.0947. The van der Waals surface area contributed by atoms with Gasteiger partial charge in [-0.15, -0.1) is 0 Å². The Bertz CT molecular complexity index is 1300. The zero-order chi connectivity index (χ0) is 25.6. The number of halogens is 5. The highest BCUT2D eigenvalue weighted by molar-refractivity contribution is 14.1. The maximum Gasteiger partial charge on any atom is 0.416 e. The Morgan fingerprint density at radius 2 is 1.86 bits per heavy atom. The molecule has 0 heterocycles. The summed E-state index contributed by atoms with van der Waals surface area (Å²) in [6.07, 6.45) is -3.28. The number of hydrogen-bond acceptors (Lipinski definition) is 4. The minimum atomic E-state index is -4.57. The lowest BCUT2D eigenvalue weighted by atomic mass is 10.1. The number of nitrogens with one attached hydrogen (secondary N) is 1. The lowest BCUT2D eigenvalue weighted by Crippen LogP contribution is -2.14. The Hall–Kier alpha value is -3.59. The van der Waals surface area contributed by atoms with E-state index in [2.05, 4.69) is 5.32 Å². The first-order chi connectivity index (χ1) is 16.6. The molecule has 0 radical (unpaired) electrons. The summed E-state index contributed by atoms with van der Waals surface area (Å²) < 4.78 is 63.7. The molecule has 1 N–H and O–H groups in total. The Morgan fingerprint density at radius 3 is 2.49 bits per heavy atom. The number of amides is 1. The number of alkyl halides is 3. The largest absolute Gasteiger partial charge is 0.493 e. The number of ether oxygens (including phenoxy) is 2. The normalized spacial score (nSPS) is 11.5. The summed E-state index contributed by atoms with van der Waals surface area (Å²) in [5.74, 6) is -0.470. The van der Waals surface area contributed by atoms with Crippen LogP contribution in [0.1, 0.15) is 16.7 Å². The summed E-state index contributed by atoms with van der Waals surface area (Å²) in [7, 11) is 1.43. The van der Waals surface area contributed by atoms with Crippen molar-refractivity contribution in [1.29, 1.82) is 5.26 Å². The molecule has 0 atom stereocenters. The first kappa shape index (κ1) is 26.0. The van der Waals surface area contributed by atoms with Gasteiger partial charge in [0.05, 0.1) is 16.2 Å². The standard InChI is InChI=1S/C25H17F4IN2O3/c1-34-22-11-16(10-21(30)23(22)35-14-15-5-7-19(26)8-6-15)9-17(13-31)24(33)32-20-4-2-3-18(12-20)25(27,28)29/h2-12H,14H2,1H3,(H,32,33). The van der Waals surface area contributed by atoms with Crippen molar-refractivity contribution in [2.45, 2.75) is 12.8 Å². The fraction of sp³-hybridized carbons (Fsp3) is 0.120. The van der Waals surface area contributed by atoms with Crippen LogP contribution in [0.3, 0.4) is 0 Å². The lowest BCUT2D eigenvalue weighted by molar-refractivity contribution is -0.137. The SMILES string of the molecule is COc1cc(C=C(C#N)C(=O)Nc2cccc(C(F)(F)F)c2)cc(I)c1OCc1ccc(F)cc1. The fourth-order valence-electron chi connectivity index (χ4n) is 2.99. The van der Waals surface area contributed by atoms with Gasteiger partial charge in [-0.05, 0) is 82.3 Å². The van der Waals surface area contributed by atoms with E-state index in [4.69, 9.17) is 9.47 Å². The third-order valence-electron chi connectivity index (χ3n) is 4.67. The molecule has 3 rings (SSSR count). The van der Waals surface area contributed by atoms with Gasteiger partial charge in [0.1, 0.15) is 24.1 Å². The highest BCUT2D eigenvalue weighted by Crippen LogP contribution is 2.35. The Balaban J connectivity index is 1.81. The van der Waals surface area contributed by atoms with Crippen LogP contribution < -0.4 is 14.8 Å². The van der Waals surface area contributed by atoms with Crippen LogP contribution in [-0.4, -0.2) is 13.0 Å². The van der Waals surface area contributed by atoms with Gasteiger partial charge >= 0.3 is 6.18 Å². The molecule has 0 bridgehead atoms. The molecule has 180 valence electrons.